The number of hydrogen-bond acceptors (Lipinski definition) is 3. The Hall–Kier alpha value is -2.05. The molecule has 0 radical (unpaired) electrons. The molecule has 0 aliphatic heterocycles. The van der Waals surface area contributed by atoms with E-state index in [9.17, 15) is 14.7 Å². The zero-order valence-corrected chi connectivity index (χ0v) is 12.0. The summed E-state index contributed by atoms with van der Waals surface area (Å²) in [6.07, 6.45) is 1.70. The van der Waals surface area contributed by atoms with E-state index in [1.807, 2.05) is 6.07 Å². The van der Waals surface area contributed by atoms with Crippen LogP contribution in [0.4, 0.5) is 0 Å². The maximum Gasteiger partial charge on any atom is 0.326 e. The SMILES string of the molecule is [2H]C(OC)C(=O)N[C@@H](Cc1c[nH]c2cccc(Cl)c12)C(=O)O. The van der Waals surface area contributed by atoms with Crippen molar-refractivity contribution in [1.82, 2.24) is 10.3 Å². The highest BCUT2D eigenvalue weighted by Gasteiger charge is 2.22. The van der Waals surface area contributed by atoms with Crippen LogP contribution < -0.4 is 5.32 Å². The van der Waals surface area contributed by atoms with Crippen molar-refractivity contribution >= 4 is 34.4 Å². The third-order valence-electron chi connectivity index (χ3n) is 3.00. The van der Waals surface area contributed by atoms with Gasteiger partial charge < -0.3 is 20.1 Å². The zero-order valence-electron chi connectivity index (χ0n) is 12.2. The summed E-state index contributed by atoms with van der Waals surface area (Å²) in [7, 11) is 1.20. The topological polar surface area (TPSA) is 91.4 Å². The van der Waals surface area contributed by atoms with Crippen LogP contribution in [0.25, 0.3) is 10.9 Å². The number of ether oxygens (including phenoxy) is 1. The van der Waals surface area contributed by atoms with E-state index in [1.165, 1.54) is 7.11 Å². The molecule has 0 aliphatic rings. The second kappa shape index (κ2) is 6.60. The molecule has 1 unspecified atom stereocenters. The fourth-order valence-corrected chi connectivity index (χ4v) is 2.40. The monoisotopic (exact) mass is 311 g/mol. The number of rotatable bonds is 6. The number of benzene rings is 1. The number of H-pyrrole nitrogens is 1. The third-order valence-corrected chi connectivity index (χ3v) is 3.32. The van der Waals surface area contributed by atoms with Gasteiger partial charge in [-0.15, -0.1) is 0 Å². The summed E-state index contributed by atoms with van der Waals surface area (Å²) in [6.45, 7) is -1.46. The molecule has 1 aromatic carbocycles. The minimum Gasteiger partial charge on any atom is -0.480 e. The molecule has 3 N–H and O–H groups in total. The van der Waals surface area contributed by atoms with E-state index in [-0.39, 0.29) is 6.42 Å². The van der Waals surface area contributed by atoms with Crippen LogP contribution in [0.5, 0.6) is 0 Å². The molecule has 112 valence electrons. The minimum absolute atomic E-state index is 0.0429. The molecule has 0 fully saturated rings. The summed E-state index contributed by atoms with van der Waals surface area (Å²) in [5, 5.41) is 12.8. The fraction of sp³-hybridized carbons (Fsp3) is 0.286. The molecule has 2 atom stereocenters. The highest BCUT2D eigenvalue weighted by molar-refractivity contribution is 6.35. The van der Waals surface area contributed by atoms with Crippen molar-refractivity contribution in [2.24, 2.45) is 0 Å². The lowest BCUT2D eigenvalue weighted by Crippen LogP contribution is -2.43. The summed E-state index contributed by atoms with van der Waals surface area (Å²) in [5.74, 6) is -2.00. The Kier molecular flexibility index (Phi) is 4.37. The number of fused-ring (bicyclic) bond motifs is 1. The number of aromatic nitrogens is 1. The predicted octanol–water partition coefficient (Wildman–Crippen LogP) is 1.58. The van der Waals surface area contributed by atoms with E-state index in [2.05, 4.69) is 15.0 Å². The lowest BCUT2D eigenvalue weighted by molar-refractivity contribution is -0.142. The van der Waals surface area contributed by atoms with Gasteiger partial charge in [-0.1, -0.05) is 17.7 Å². The molecule has 0 saturated heterocycles. The number of aliphatic carboxylic acids is 1. The second-order valence-electron chi connectivity index (χ2n) is 4.43. The predicted molar refractivity (Wildman–Crippen MR) is 78.5 cm³/mol. The molecule has 21 heavy (non-hydrogen) atoms. The average Bonchev–Trinajstić information content (AvgIpc) is 2.90. The summed E-state index contributed by atoms with van der Waals surface area (Å²) >= 11 is 6.14. The Labute approximate surface area is 127 Å². The number of hydrogen-bond donors (Lipinski definition) is 3. The Bertz CT molecular complexity index is 703. The molecule has 0 bridgehead atoms. The van der Waals surface area contributed by atoms with Gasteiger partial charge in [0.1, 0.15) is 12.6 Å². The lowest BCUT2D eigenvalue weighted by atomic mass is 10.0. The van der Waals surface area contributed by atoms with Gasteiger partial charge in [0, 0.05) is 30.6 Å². The van der Waals surface area contributed by atoms with Crippen molar-refractivity contribution in [3.05, 3.63) is 35.0 Å². The van der Waals surface area contributed by atoms with Crippen LogP contribution in [-0.2, 0) is 20.7 Å². The summed E-state index contributed by atoms with van der Waals surface area (Å²) in [4.78, 5) is 26.0. The van der Waals surface area contributed by atoms with Crippen LogP contribution in [0, 0.1) is 0 Å². The normalized spacial score (nSPS) is 14.5. The highest BCUT2D eigenvalue weighted by Crippen LogP contribution is 2.27. The largest absolute Gasteiger partial charge is 0.480 e. The quantitative estimate of drug-likeness (QED) is 0.755. The van der Waals surface area contributed by atoms with Gasteiger partial charge in [0.15, 0.2) is 0 Å². The van der Waals surface area contributed by atoms with Crippen molar-refractivity contribution in [3.8, 4) is 0 Å². The first-order chi connectivity index (χ1) is 10.4. The number of nitrogens with one attached hydrogen (secondary N) is 2. The smallest absolute Gasteiger partial charge is 0.326 e. The molecule has 2 rings (SSSR count). The van der Waals surface area contributed by atoms with Gasteiger partial charge in [0.05, 0.1) is 6.39 Å². The van der Waals surface area contributed by atoms with Crippen LogP contribution in [0.3, 0.4) is 0 Å². The second-order valence-corrected chi connectivity index (χ2v) is 4.84. The van der Waals surface area contributed by atoms with Gasteiger partial charge in [0.2, 0.25) is 5.91 Å². The standard InChI is InChI=1S/C14H15ClN2O4/c1-21-7-12(18)17-11(14(19)20)5-8-6-16-10-4-2-3-9(15)13(8)10/h2-4,6,11,16H,5,7H2,1H3,(H,17,18)(H,19,20)/t11-/m0/s1/i7D/t7?,11-. The molecule has 0 aliphatic carbocycles. The maximum atomic E-state index is 11.6. The van der Waals surface area contributed by atoms with Crippen molar-refractivity contribution < 1.29 is 20.8 Å². The van der Waals surface area contributed by atoms with Gasteiger partial charge in [-0.25, -0.2) is 4.79 Å². The number of carboxylic acids is 1. The van der Waals surface area contributed by atoms with Crippen molar-refractivity contribution in [2.75, 3.05) is 13.7 Å². The first-order valence-electron chi connectivity index (χ1n) is 6.74. The van der Waals surface area contributed by atoms with E-state index in [0.717, 1.165) is 10.9 Å². The summed E-state index contributed by atoms with van der Waals surface area (Å²) in [6, 6.07) is 4.14. The van der Waals surface area contributed by atoms with E-state index in [0.29, 0.717) is 10.6 Å². The maximum absolute atomic E-state index is 11.6. The number of carbonyl (C=O) groups is 2. The van der Waals surface area contributed by atoms with Gasteiger partial charge in [0.25, 0.3) is 0 Å². The molecule has 1 aromatic heterocycles. The van der Waals surface area contributed by atoms with Crippen molar-refractivity contribution in [2.45, 2.75) is 12.5 Å². The van der Waals surface area contributed by atoms with Crippen LogP contribution in [0.1, 0.15) is 6.93 Å². The Morgan fingerprint density at radius 2 is 2.33 bits per heavy atom. The highest BCUT2D eigenvalue weighted by atomic mass is 35.5. The number of amides is 1. The number of aromatic amines is 1. The number of methoxy groups -OCH3 is 1. The van der Waals surface area contributed by atoms with Crippen LogP contribution in [-0.4, -0.2) is 41.7 Å². The summed E-state index contributed by atoms with van der Waals surface area (Å²) in [5.41, 5.74) is 1.46. The molecular formula is C14H15ClN2O4. The first-order valence-corrected chi connectivity index (χ1v) is 6.54. The molecule has 7 heteroatoms. The van der Waals surface area contributed by atoms with Crippen LogP contribution >= 0.6 is 11.6 Å². The molecule has 2 aromatic rings. The minimum atomic E-state index is -1.46. The molecule has 0 saturated carbocycles. The van der Waals surface area contributed by atoms with Crippen molar-refractivity contribution in [3.63, 3.8) is 0 Å². The molecule has 1 heterocycles. The Morgan fingerprint density at radius 3 is 3.00 bits per heavy atom. The van der Waals surface area contributed by atoms with Gasteiger partial charge in [-0.05, 0) is 17.7 Å². The molecular weight excluding hydrogens is 296 g/mol. The van der Waals surface area contributed by atoms with Gasteiger partial charge >= 0.3 is 5.97 Å². The first kappa shape index (κ1) is 13.9. The van der Waals surface area contributed by atoms with Gasteiger partial charge in [-0.2, -0.15) is 0 Å². The molecule has 0 spiro atoms. The average molecular weight is 312 g/mol. The molecule has 1 amide bonds. The van der Waals surface area contributed by atoms with E-state index in [1.54, 1.807) is 18.3 Å². The Balaban J connectivity index is 2.24. The van der Waals surface area contributed by atoms with Crippen LogP contribution in [0.15, 0.2) is 24.4 Å². The fourth-order valence-electron chi connectivity index (χ4n) is 2.10. The third kappa shape index (κ3) is 3.53. The van der Waals surface area contributed by atoms with Crippen molar-refractivity contribution in [1.29, 1.82) is 0 Å². The van der Waals surface area contributed by atoms with Gasteiger partial charge in [-0.3, -0.25) is 4.79 Å². The Morgan fingerprint density at radius 1 is 1.57 bits per heavy atom. The number of carboxylic acid groups (broad SMARTS) is 1. The summed E-state index contributed by atoms with van der Waals surface area (Å²) < 4.78 is 11.9. The zero-order chi connectivity index (χ0) is 16.3. The van der Waals surface area contributed by atoms with E-state index in [4.69, 9.17) is 13.0 Å². The number of carbonyl (C=O) groups excluding carboxylic acids is 1. The van der Waals surface area contributed by atoms with E-state index < -0.39 is 24.5 Å². The van der Waals surface area contributed by atoms with E-state index >= 15 is 0 Å². The number of halogens is 1. The molecule has 6 nitrogen and oxygen atoms in total. The lowest BCUT2D eigenvalue weighted by Gasteiger charge is -2.14. The van der Waals surface area contributed by atoms with Crippen LogP contribution in [0.2, 0.25) is 5.02 Å².